The number of nitrogens with one attached hydrogen (secondary N) is 1. The smallest absolute Gasteiger partial charge is 0.336 e. The second-order valence-corrected chi connectivity index (χ2v) is 5.50. The molecule has 0 aliphatic heterocycles. The van der Waals surface area contributed by atoms with Gasteiger partial charge in [0.05, 0.1) is 17.6 Å². The summed E-state index contributed by atoms with van der Waals surface area (Å²) in [4.78, 5) is 20.6. The molecule has 2 aromatic heterocycles. The van der Waals surface area contributed by atoms with Gasteiger partial charge in [-0.2, -0.15) is 4.98 Å². The molecule has 0 fully saturated rings. The fraction of sp³-hybridized carbons (Fsp3) is 0.222. The standard InChI is InChI=1S/C18H19N5O2/c1-3-16(17(24)21-15-11-19-10-9-13(15)2)25-18-20-12-23(22-18)14-7-5-4-6-8-14/h4-12,16H,3H2,1-2H3,(H,21,24). The number of aryl methyl sites for hydroxylation is 1. The molecule has 3 rings (SSSR count). The Balaban J connectivity index is 1.69. The van der Waals surface area contributed by atoms with E-state index in [-0.39, 0.29) is 11.9 Å². The Kier molecular flexibility index (Phi) is 5.03. The number of carbonyl (C=O) groups excluding carboxylic acids is 1. The number of pyridine rings is 1. The maximum Gasteiger partial charge on any atom is 0.336 e. The fourth-order valence-electron chi connectivity index (χ4n) is 2.26. The quantitative estimate of drug-likeness (QED) is 0.748. The van der Waals surface area contributed by atoms with E-state index < -0.39 is 6.10 Å². The second kappa shape index (κ2) is 7.57. The van der Waals surface area contributed by atoms with E-state index in [1.807, 2.05) is 50.2 Å². The lowest BCUT2D eigenvalue weighted by atomic mass is 10.2. The molecule has 7 nitrogen and oxygen atoms in total. The fourth-order valence-corrected chi connectivity index (χ4v) is 2.26. The van der Waals surface area contributed by atoms with Crippen LogP contribution in [0.2, 0.25) is 0 Å². The Bertz CT molecular complexity index is 847. The molecule has 3 aromatic rings. The van der Waals surface area contributed by atoms with Crippen LogP contribution in [-0.4, -0.2) is 31.8 Å². The average Bonchev–Trinajstić information content (AvgIpc) is 3.11. The molecule has 0 saturated heterocycles. The largest absolute Gasteiger partial charge is 0.449 e. The lowest BCUT2D eigenvalue weighted by Crippen LogP contribution is -2.33. The van der Waals surface area contributed by atoms with Crippen molar-refractivity contribution in [2.75, 3.05) is 5.32 Å². The van der Waals surface area contributed by atoms with Crippen LogP contribution in [0.3, 0.4) is 0 Å². The van der Waals surface area contributed by atoms with E-state index in [0.29, 0.717) is 12.1 Å². The Labute approximate surface area is 145 Å². The third-order valence-corrected chi connectivity index (χ3v) is 3.70. The number of hydrogen-bond donors (Lipinski definition) is 1. The number of aromatic nitrogens is 4. The summed E-state index contributed by atoms with van der Waals surface area (Å²) >= 11 is 0. The summed E-state index contributed by atoms with van der Waals surface area (Å²) in [6.45, 7) is 3.77. The van der Waals surface area contributed by atoms with Crippen LogP contribution in [-0.2, 0) is 4.79 Å². The molecule has 7 heteroatoms. The monoisotopic (exact) mass is 337 g/mol. The molecule has 1 aromatic carbocycles. The van der Waals surface area contributed by atoms with E-state index >= 15 is 0 Å². The van der Waals surface area contributed by atoms with Crippen molar-refractivity contribution in [2.45, 2.75) is 26.4 Å². The molecule has 0 radical (unpaired) electrons. The summed E-state index contributed by atoms with van der Waals surface area (Å²) in [6, 6.07) is 11.6. The third kappa shape index (κ3) is 4.00. The lowest BCUT2D eigenvalue weighted by molar-refractivity contribution is -0.123. The summed E-state index contributed by atoms with van der Waals surface area (Å²) in [6.07, 6.45) is 4.65. The summed E-state index contributed by atoms with van der Waals surface area (Å²) < 4.78 is 7.27. The van der Waals surface area contributed by atoms with Gasteiger partial charge in [0.2, 0.25) is 0 Å². The Hall–Kier alpha value is -3.22. The first kappa shape index (κ1) is 16.6. The number of amides is 1. The van der Waals surface area contributed by atoms with E-state index in [1.54, 1.807) is 23.4 Å². The first-order valence-corrected chi connectivity index (χ1v) is 8.02. The maximum atomic E-state index is 12.5. The minimum atomic E-state index is -0.689. The van der Waals surface area contributed by atoms with Gasteiger partial charge in [0.1, 0.15) is 6.33 Å². The minimum Gasteiger partial charge on any atom is -0.449 e. The van der Waals surface area contributed by atoms with Crippen molar-refractivity contribution in [1.82, 2.24) is 19.7 Å². The van der Waals surface area contributed by atoms with E-state index in [0.717, 1.165) is 11.3 Å². The van der Waals surface area contributed by atoms with Crippen LogP contribution in [0.25, 0.3) is 5.69 Å². The zero-order chi connectivity index (χ0) is 17.6. The molecule has 25 heavy (non-hydrogen) atoms. The van der Waals surface area contributed by atoms with Crippen LogP contribution in [0.5, 0.6) is 6.01 Å². The minimum absolute atomic E-state index is 0.161. The first-order chi connectivity index (χ1) is 12.2. The third-order valence-electron chi connectivity index (χ3n) is 3.70. The molecule has 1 N–H and O–H groups in total. The van der Waals surface area contributed by atoms with Gasteiger partial charge in [-0.3, -0.25) is 9.78 Å². The SMILES string of the molecule is CCC(Oc1ncn(-c2ccccc2)n1)C(=O)Nc1cnccc1C. The maximum absolute atomic E-state index is 12.5. The number of anilines is 1. The number of ether oxygens (including phenoxy) is 1. The van der Waals surface area contributed by atoms with Gasteiger partial charge in [-0.05, 0) is 37.1 Å². The normalized spacial score (nSPS) is 11.8. The van der Waals surface area contributed by atoms with Crippen LogP contribution in [0, 0.1) is 6.92 Å². The number of carbonyl (C=O) groups is 1. The molecule has 1 atom stereocenters. The molecule has 0 bridgehead atoms. The van der Waals surface area contributed by atoms with Gasteiger partial charge < -0.3 is 10.1 Å². The van der Waals surface area contributed by atoms with E-state index in [9.17, 15) is 4.79 Å². The highest BCUT2D eigenvalue weighted by Crippen LogP contribution is 2.15. The highest BCUT2D eigenvalue weighted by Gasteiger charge is 2.21. The number of rotatable bonds is 6. The zero-order valence-electron chi connectivity index (χ0n) is 14.1. The van der Waals surface area contributed by atoms with Crippen molar-refractivity contribution in [1.29, 1.82) is 0 Å². The summed E-state index contributed by atoms with van der Waals surface area (Å²) in [7, 11) is 0. The Morgan fingerprint density at radius 2 is 2.08 bits per heavy atom. The zero-order valence-corrected chi connectivity index (χ0v) is 14.1. The number of benzene rings is 1. The van der Waals surface area contributed by atoms with E-state index in [1.165, 1.54) is 0 Å². The van der Waals surface area contributed by atoms with Crippen LogP contribution in [0.1, 0.15) is 18.9 Å². The molecule has 0 aliphatic rings. The molecule has 0 saturated carbocycles. The van der Waals surface area contributed by atoms with Gasteiger partial charge in [0.15, 0.2) is 6.10 Å². The summed E-state index contributed by atoms with van der Waals surface area (Å²) in [5.74, 6) is -0.255. The average molecular weight is 337 g/mol. The molecule has 0 aliphatic carbocycles. The predicted octanol–water partition coefficient (Wildman–Crippen LogP) is 2.77. The molecular formula is C18H19N5O2. The Morgan fingerprint density at radius 1 is 1.28 bits per heavy atom. The van der Waals surface area contributed by atoms with Crippen molar-refractivity contribution in [3.63, 3.8) is 0 Å². The highest BCUT2D eigenvalue weighted by molar-refractivity contribution is 5.94. The van der Waals surface area contributed by atoms with Gasteiger partial charge in [0.25, 0.3) is 5.91 Å². The van der Waals surface area contributed by atoms with Gasteiger partial charge in [-0.1, -0.05) is 25.1 Å². The molecule has 1 amide bonds. The second-order valence-electron chi connectivity index (χ2n) is 5.50. The summed E-state index contributed by atoms with van der Waals surface area (Å²) in [5.41, 5.74) is 2.47. The van der Waals surface area contributed by atoms with Gasteiger partial charge >= 0.3 is 6.01 Å². The van der Waals surface area contributed by atoms with Crippen molar-refractivity contribution >= 4 is 11.6 Å². The van der Waals surface area contributed by atoms with Gasteiger partial charge in [-0.15, -0.1) is 5.10 Å². The lowest BCUT2D eigenvalue weighted by Gasteiger charge is -2.15. The first-order valence-electron chi connectivity index (χ1n) is 8.02. The molecule has 128 valence electrons. The number of para-hydroxylation sites is 1. The van der Waals surface area contributed by atoms with Crippen LogP contribution in [0.15, 0.2) is 55.1 Å². The van der Waals surface area contributed by atoms with E-state index in [2.05, 4.69) is 20.4 Å². The summed E-state index contributed by atoms with van der Waals surface area (Å²) in [5, 5.41) is 7.10. The molecule has 2 heterocycles. The number of hydrogen-bond acceptors (Lipinski definition) is 5. The van der Waals surface area contributed by atoms with Crippen LogP contribution in [0.4, 0.5) is 5.69 Å². The van der Waals surface area contributed by atoms with Gasteiger partial charge in [-0.25, -0.2) is 4.68 Å². The number of nitrogens with zero attached hydrogens (tertiary/aromatic N) is 4. The molecular weight excluding hydrogens is 318 g/mol. The van der Waals surface area contributed by atoms with Crippen molar-refractivity contribution < 1.29 is 9.53 Å². The van der Waals surface area contributed by atoms with Crippen molar-refractivity contribution in [2.24, 2.45) is 0 Å². The topological polar surface area (TPSA) is 81.9 Å². The molecule has 0 spiro atoms. The van der Waals surface area contributed by atoms with Crippen LogP contribution < -0.4 is 10.1 Å². The van der Waals surface area contributed by atoms with E-state index in [4.69, 9.17) is 4.74 Å². The van der Waals surface area contributed by atoms with Crippen molar-refractivity contribution in [3.05, 3.63) is 60.7 Å². The van der Waals surface area contributed by atoms with Crippen molar-refractivity contribution in [3.8, 4) is 11.7 Å². The Morgan fingerprint density at radius 3 is 2.80 bits per heavy atom. The highest BCUT2D eigenvalue weighted by atomic mass is 16.5. The van der Waals surface area contributed by atoms with Gasteiger partial charge in [0, 0.05) is 6.20 Å². The van der Waals surface area contributed by atoms with Crippen LogP contribution >= 0.6 is 0 Å². The molecule has 1 unspecified atom stereocenters. The predicted molar refractivity (Wildman–Crippen MR) is 93.7 cm³/mol.